The van der Waals surface area contributed by atoms with Crippen LogP contribution in [0.15, 0.2) is 12.3 Å². The summed E-state index contributed by atoms with van der Waals surface area (Å²) in [5, 5.41) is 15.7. The number of aromatic nitrogens is 2. The Morgan fingerprint density at radius 1 is 1.60 bits per heavy atom. The minimum atomic E-state index is -0.733. The Labute approximate surface area is 89.1 Å². The number of aryl methyl sites for hydroxylation is 1. The molecule has 0 aliphatic rings. The Kier molecular flexibility index (Phi) is 4.83. The summed E-state index contributed by atoms with van der Waals surface area (Å²) in [6.07, 6.45) is 3.61. The van der Waals surface area contributed by atoms with Gasteiger partial charge in [0.2, 0.25) is 0 Å². The van der Waals surface area contributed by atoms with Gasteiger partial charge >= 0.3 is 5.97 Å². The predicted molar refractivity (Wildman–Crippen MR) is 56.7 cm³/mol. The second-order valence-electron chi connectivity index (χ2n) is 3.44. The Morgan fingerprint density at radius 2 is 2.40 bits per heavy atom. The molecule has 5 nitrogen and oxygen atoms in total. The molecule has 0 aromatic carbocycles. The topological polar surface area (TPSA) is 67.2 Å². The fourth-order valence-electron chi connectivity index (χ4n) is 1.35. The standard InChI is InChI=1S/C10H17N3O2/c1-13-9(5-8-12-13)4-7-11-6-2-3-10(14)15/h5,8,11H,2-4,6-7H2,1H3,(H,14,15). The van der Waals surface area contributed by atoms with Gasteiger partial charge in [0.15, 0.2) is 0 Å². The predicted octanol–water partition coefficient (Wildman–Crippen LogP) is 0.417. The quantitative estimate of drug-likeness (QED) is 0.641. The molecule has 0 aliphatic heterocycles. The van der Waals surface area contributed by atoms with E-state index in [1.807, 2.05) is 17.8 Å². The van der Waals surface area contributed by atoms with Crippen molar-refractivity contribution in [1.29, 1.82) is 0 Å². The molecule has 0 radical (unpaired) electrons. The van der Waals surface area contributed by atoms with Crippen LogP contribution in [0.3, 0.4) is 0 Å². The van der Waals surface area contributed by atoms with Gasteiger partial charge in [-0.1, -0.05) is 0 Å². The summed E-state index contributed by atoms with van der Waals surface area (Å²) in [6.45, 7) is 1.61. The van der Waals surface area contributed by atoms with Gasteiger partial charge in [-0.05, 0) is 19.0 Å². The lowest BCUT2D eigenvalue weighted by atomic mass is 10.3. The second-order valence-corrected chi connectivity index (χ2v) is 3.44. The molecule has 1 rings (SSSR count). The van der Waals surface area contributed by atoms with Gasteiger partial charge in [0.05, 0.1) is 0 Å². The van der Waals surface area contributed by atoms with E-state index in [2.05, 4.69) is 10.4 Å². The normalized spacial score (nSPS) is 10.5. The first-order valence-corrected chi connectivity index (χ1v) is 5.09. The molecule has 0 amide bonds. The number of hydrogen-bond acceptors (Lipinski definition) is 3. The lowest BCUT2D eigenvalue weighted by molar-refractivity contribution is -0.137. The van der Waals surface area contributed by atoms with Crippen LogP contribution in [0.2, 0.25) is 0 Å². The van der Waals surface area contributed by atoms with Crippen LogP contribution in [-0.4, -0.2) is 33.9 Å². The van der Waals surface area contributed by atoms with Crippen LogP contribution in [0.4, 0.5) is 0 Å². The van der Waals surface area contributed by atoms with Crippen LogP contribution in [0, 0.1) is 0 Å². The van der Waals surface area contributed by atoms with Gasteiger partial charge in [0, 0.05) is 38.3 Å². The molecule has 0 fully saturated rings. The zero-order valence-corrected chi connectivity index (χ0v) is 8.94. The van der Waals surface area contributed by atoms with Crippen LogP contribution in [0.25, 0.3) is 0 Å². The number of nitrogens with zero attached hydrogens (tertiary/aromatic N) is 2. The molecular weight excluding hydrogens is 194 g/mol. The van der Waals surface area contributed by atoms with Crippen molar-refractivity contribution in [1.82, 2.24) is 15.1 Å². The first kappa shape index (κ1) is 11.7. The van der Waals surface area contributed by atoms with Crippen molar-refractivity contribution >= 4 is 5.97 Å². The first-order valence-electron chi connectivity index (χ1n) is 5.09. The van der Waals surface area contributed by atoms with Gasteiger partial charge < -0.3 is 10.4 Å². The maximum Gasteiger partial charge on any atom is 0.303 e. The van der Waals surface area contributed by atoms with E-state index < -0.39 is 5.97 Å². The average molecular weight is 211 g/mol. The van der Waals surface area contributed by atoms with Crippen molar-refractivity contribution in [2.45, 2.75) is 19.3 Å². The van der Waals surface area contributed by atoms with Crippen LogP contribution in [0.5, 0.6) is 0 Å². The minimum Gasteiger partial charge on any atom is -0.481 e. The summed E-state index contributed by atoms with van der Waals surface area (Å²) < 4.78 is 1.85. The summed E-state index contributed by atoms with van der Waals surface area (Å²) in [6, 6.07) is 1.99. The molecule has 15 heavy (non-hydrogen) atoms. The van der Waals surface area contributed by atoms with Crippen molar-refractivity contribution in [2.24, 2.45) is 7.05 Å². The maximum atomic E-state index is 10.2. The third-order valence-corrected chi connectivity index (χ3v) is 2.22. The molecule has 1 aromatic rings. The van der Waals surface area contributed by atoms with E-state index in [9.17, 15) is 4.79 Å². The van der Waals surface area contributed by atoms with Crippen LogP contribution in [-0.2, 0) is 18.3 Å². The smallest absolute Gasteiger partial charge is 0.303 e. The van der Waals surface area contributed by atoms with Crippen LogP contribution in [0.1, 0.15) is 18.5 Å². The highest BCUT2D eigenvalue weighted by atomic mass is 16.4. The van der Waals surface area contributed by atoms with E-state index in [1.54, 1.807) is 6.20 Å². The molecule has 5 heteroatoms. The molecule has 0 aliphatic carbocycles. The Hall–Kier alpha value is -1.36. The molecule has 2 N–H and O–H groups in total. The number of aliphatic carboxylic acids is 1. The molecule has 0 bridgehead atoms. The monoisotopic (exact) mass is 211 g/mol. The number of nitrogens with one attached hydrogen (secondary N) is 1. The molecule has 1 heterocycles. The summed E-state index contributed by atoms with van der Waals surface area (Å²) in [7, 11) is 1.92. The number of carboxylic acid groups (broad SMARTS) is 1. The Morgan fingerprint density at radius 3 is 3.00 bits per heavy atom. The highest BCUT2D eigenvalue weighted by Crippen LogP contribution is 1.96. The SMILES string of the molecule is Cn1nccc1CCNCCCC(=O)O. The first-order chi connectivity index (χ1) is 7.20. The van der Waals surface area contributed by atoms with Gasteiger partial charge in [-0.15, -0.1) is 0 Å². The summed E-state index contributed by atoms with van der Waals surface area (Å²) in [5.74, 6) is -0.733. The van der Waals surface area contributed by atoms with E-state index in [-0.39, 0.29) is 6.42 Å². The van der Waals surface area contributed by atoms with Gasteiger partial charge in [0.25, 0.3) is 0 Å². The third-order valence-electron chi connectivity index (χ3n) is 2.22. The Bertz CT molecular complexity index is 309. The minimum absolute atomic E-state index is 0.235. The van der Waals surface area contributed by atoms with E-state index in [4.69, 9.17) is 5.11 Å². The second kappa shape index (κ2) is 6.19. The van der Waals surface area contributed by atoms with Crippen molar-refractivity contribution in [3.63, 3.8) is 0 Å². The highest BCUT2D eigenvalue weighted by molar-refractivity contribution is 5.66. The average Bonchev–Trinajstić information content (AvgIpc) is 2.57. The van der Waals surface area contributed by atoms with Gasteiger partial charge in [-0.2, -0.15) is 5.10 Å². The number of rotatable bonds is 7. The van der Waals surface area contributed by atoms with E-state index >= 15 is 0 Å². The van der Waals surface area contributed by atoms with Crippen molar-refractivity contribution in [3.8, 4) is 0 Å². The fourth-order valence-corrected chi connectivity index (χ4v) is 1.35. The van der Waals surface area contributed by atoms with Crippen LogP contribution < -0.4 is 5.32 Å². The van der Waals surface area contributed by atoms with Gasteiger partial charge in [-0.3, -0.25) is 9.48 Å². The Balaban J connectivity index is 2.03. The molecule has 0 saturated carbocycles. The van der Waals surface area contributed by atoms with Crippen molar-refractivity contribution in [2.75, 3.05) is 13.1 Å². The maximum absolute atomic E-state index is 10.2. The summed E-state index contributed by atoms with van der Waals surface area (Å²) in [5.41, 5.74) is 1.18. The largest absolute Gasteiger partial charge is 0.481 e. The lowest BCUT2D eigenvalue weighted by Crippen LogP contribution is -2.20. The zero-order chi connectivity index (χ0) is 11.1. The molecular formula is C10H17N3O2. The van der Waals surface area contributed by atoms with Crippen LogP contribution >= 0.6 is 0 Å². The summed E-state index contributed by atoms with van der Waals surface area (Å²) in [4.78, 5) is 10.2. The molecule has 84 valence electrons. The number of carboxylic acids is 1. The lowest BCUT2D eigenvalue weighted by Gasteiger charge is -2.03. The van der Waals surface area contributed by atoms with E-state index in [0.29, 0.717) is 6.42 Å². The highest BCUT2D eigenvalue weighted by Gasteiger charge is 1.98. The summed E-state index contributed by atoms with van der Waals surface area (Å²) >= 11 is 0. The van der Waals surface area contributed by atoms with Gasteiger partial charge in [0.1, 0.15) is 0 Å². The third kappa shape index (κ3) is 4.60. The zero-order valence-electron chi connectivity index (χ0n) is 8.94. The van der Waals surface area contributed by atoms with Crippen molar-refractivity contribution < 1.29 is 9.90 Å². The van der Waals surface area contributed by atoms with E-state index in [1.165, 1.54) is 5.69 Å². The van der Waals surface area contributed by atoms with Gasteiger partial charge in [-0.25, -0.2) is 0 Å². The van der Waals surface area contributed by atoms with E-state index in [0.717, 1.165) is 19.5 Å². The molecule has 0 spiro atoms. The molecule has 1 aromatic heterocycles. The molecule has 0 atom stereocenters. The number of carbonyl (C=O) groups is 1. The fraction of sp³-hybridized carbons (Fsp3) is 0.600. The molecule has 0 saturated heterocycles. The van der Waals surface area contributed by atoms with Crippen molar-refractivity contribution in [3.05, 3.63) is 18.0 Å². The number of hydrogen-bond donors (Lipinski definition) is 2. The molecule has 0 unspecified atom stereocenters.